The maximum atomic E-state index is 13.7. The molecule has 0 saturated heterocycles. The van der Waals surface area contributed by atoms with E-state index in [1.807, 2.05) is 24.3 Å². The van der Waals surface area contributed by atoms with Crippen LogP contribution < -0.4 is 5.32 Å². The van der Waals surface area contributed by atoms with Gasteiger partial charge < -0.3 is 5.32 Å². The Hall–Kier alpha value is -1.65. The molecule has 0 spiro atoms. The molecule has 21 heavy (non-hydrogen) atoms. The van der Waals surface area contributed by atoms with E-state index in [1.54, 1.807) is 17.4 Å². The van der Waals surface area contributed by atoms with E-state index in [-0.39, 0.29) is 5.82 Å². The van der Waals surface area contributed by atoms with Crippen LogP contribution in [-0.2, 0) is 6.54 Å². The molecule has 4 heteroatoms. The summed E-state index contributed by atoms with van der Waals surface area (Å²) in [6, 6.07) is 19.4. The Bertz CT molecular complexity index is 719. The van der Waals surface area contributed by atoms with Crippen molar-refractivity contribution in [3.8, 4) is 10.4 Å². The minimum Gasteiger partial charge on any atom is -0.377 e. The molecule has 1 N–H and O–H groups in total. The lowest BCUT2D eigenvalue weighted by Gasteiger charge is -2.08. The van der Waals surface area contributed by atoms with Gasteiger partial charge in [0.1, 0.15) is 5.82 Å². The molecule has 3 rings (SSSR count). The summed E-state index contributed by atoms with van der Waals surface area (Å²) in [6.45, 7) is 0.608. The van der Waals surface area contributed by atoms with Crippen molar-refractivity contribution in [1.82, 2.24) is 0 Å². The summed E-state index contributed by atoms with van der Waals surface area (Å²) in [5.41, 5.74) is 1.72. The second kappa shape index (κ2) is 6.41. The number of anilines is 1. The summed E-state index contributed by atoms with van der Waals surface area (Å²) >= 11 is 5.08. The second-order valence-electron chi connectivity index (χ2n) is 4.58. The fourth-order valence-electron chi connectivity index (χ4n) is 2.07. The molecule has 0 fully saturated rings. The van der Waals surface area contributed by atoms with Crippen LogP contribution in [-0.4, -0.2) is 0 Å². The topological polar surface area (TPSA) is 12.0 Å². The first-order chi connectivity index (χ1) is 10.2. The number of benzene rings is 2. The number of hydrogen-bond donors (Lipinski definition) is 1. The highest BCUT2D eigenvalue weighted by Gasteiger charge is 2.07. The first-order valence-electron chi connectivity index (χ1n) is 6.56. The zero-order valence-electron chi connectivity index (χ0n) is 11.1. The fraction of sp³-hybridized carbons (Fsp3) is 0.0588. The monoisotopic (exact) mass is 361 g/mol. The van der Waals surface area contributed by atoms with Gasteiger partial charge in [-0.2, -0.15) is 0 Å². The summed E-state index contributed by atoms with van der Waals surface area (Å²) in [6.07, 6.45) is 0. The Morgan fingerprint density at radius 3 is 2.52 bits per heavy atom. The Morgan fingerprint density at radius 1 is 0.952 bits per heavy atom. The predicted octanol–water partition coefficient (Wildman–Crippen LogP) is 5.93. The number of para-hydroxylation sites is 1. The average molecular weight is 362 g/mol. The van der Waals surface area contributed by atoms with Gasteiger partial charge in [0.15, 0.2) is 0 Å². The van der Waals surface area contributed by atoms with Gasteiger partial charge in [0.2, 0.25) is 0 Å². The van der Waals surface area contributed by atoms with Crippen molar-refractivity contribution < 1.29 is 4.39 Å². The Labute approximate surface area is 135 Å². The lowest BCUT2D eigenvalue weighted by Crippen LogP contribution is -2.00. The van der Waals surface area contributed by atoms with Gasteiger partial charge in [0, 0.05) is 20.8 Å². The minimum absolute atomic E-state index is 0.246. The van der Waals surface area contributed by atoms with Crippen LogP contribution in [0.4, 0.5) is 10.1 Å². The Morgan fingerprint density at radius 2 is 1.76 bits per heavy atom. The standard InChI is InChI=1S/C17H13BrFNS/c18-14-7-4-8-15(19)17(14)20-11-13-9-10-16(21-13)12-5-2-1-3-6-12/h1-10,20H,11H2. The molecule has 2 aromatic carbocycles. The summed E-state index contributed by atoms with van der Waals surface area (Å²) in [5, 5.41) is 3.15. The van der Waals surface area contributed by atoms with Crippen LogP contribution in [0.3, 0.4) is 0 Å². The van der Waals surface area contributed by atoms with Crippen molar-refractivity contribution in [3.05, 3.63) is 75.8 Å². The number of hydrogen-bond acceptors (Lipinski definition) is 2. The van der Waals surface area contributed by atoms with Crippen LogP contribution in [0.2, 0.25) is 0 Å². The van der Waals surface area contributed by atoms with Gasteiger partial charge in [0.05, 0.1) is 5.69 Å². The largest absolute Gasteiger partial charge is 0.377 e. The molecule has 0 aliphatic rings. The van der Waals surface area contributed by atoms with E-state index in [9.17, 15) is 4.39 Å². The van der Waals surface area contributed by atoms with Gasteiger partial charge in [-0.25, -0.2) is 4.39 Å². The lowest BCUT2D eigenvalue weighted by molar-refractivity contribution is 0.629. The molecule has 1 heterocycles. The van der Waals surface area contributed by atoms with Crippen molar-refractivity contribution in [3.63, 3.8) is 0 Å². The van der Waals surface area contributed by atoms with E-state index in [2.05, 4.69) is 45.5 Å². The molecule has 0 aliphatic heterocycles. The number of rotatable bonds is 4. The fourth-order valence-corrected chi connectivity index (χ4v) is 3.51. The van der Waals surface area contributed by atoms with Gasteiger partial charge in [-0.1, -0.05) is 36.4 Å². The van der Waals surface area contributed by atoms with Crippen LogP contribution in [0, 0.1) is 5.82 Å². The molecule has 0 unspecified atom stereocenters. The lowest BCUT2D eigenvalue weighted by atomic mass is 10.2. The molecule has 1 aromatic heterocycles. The second-order valence-corrected chi connectivity index (χ2v) is 6.60. The van der Waals surface area contributed by atoms with Gasteiger partial charge in [0.25, 0.3) is 0 Å². The summed E-state index contributed by atoms with van der Waals surface area (Å²) in [5.74, 6) is -0.246. The third kappa shape index (κ3) is 3.34. The van der Waals surface area contributed by atoms with Crippen molar-refractivity contribution in [2.24, 2.45) is 0 Å². The zero-order chi connectivity index (χ0) is 14.7. The molecular formula is C17H13BrFNS. The summed E-state index contributed by atoms with van der Waals surface area (Å²) < 4.78 is 14.5. The van der Waals surface area contributed by atoms with Crippen LogP contribution in [0.15, 0.2) is 65.1 Å². The first kappa shape index (κ1) is 14.3. The van der Waals surface area contributed by atoms with Crippen molar-refractivity contribution in [2.75, 3.05) is 5.32 Å². The third-order valence-corrected chi connectivity index (χ3v) is 4.92. The third-order valence-electron chi connectivity index (χ3n) is 3.12. The normalized spacial score (nSPS) is 10.6. The van der Waals surface area contributed by atoms with E-state index in [0.717, 1.165) is 4.47 Å². The van der Waals surface area contributed by atoms with Gasteiger partial charge >= 0.3 is 0 Å². The van der Waals surface area contributed by atoms with E-state index >= 15 is 0 Å². The maximum absolute atomic E-state index is 13.7. The van der Waals surface area contributed by atoms with Crippen LogP contribution in [0.25, 0.3) is 10.4 Å². The van der Waals surface area contributed by atoms with Crippen molar-refractivity contribution >= 4 is 33.0 Å². The average Bonchev–Trinajstić information content (AvgIpc) is 2.97. The molecule has 0 aliphatic carbocycles. The molecule has 106 valence electrons. The number of thiophene rings is 1. The minimum atomic E-state index is -0.246. The van der Waals surface area contributed by atoms with Gasteiger partial charge in [-0.05, 0) is 45.8 Å². The molecule has 0 bridgehead atoms. The molecular weight excluding hydrogens is 349 g/mol. The summed E-state index contributed by atoms with van der Waals surface area (Å²) in [7, 11) is 0. The Kier molecular flexibility index (Phi) is 4.36. The van der Waals surface area contributed by atoms with Crippen LogP contribution in [0.5, 0.6) is 0 Å². The van der Waals surface area contributed by atoms with E-state index in [1.165, 1.54) is 21.4 Å². The summed E-state index contributed by atoms with van der Waals surface area (Å²) in [4.78, 5) is 2.39. The van der Waals surface area contributed by atoms with Gasteiger partial charge in [-0.3, -0.25) is 0 Å². The molecule has 0 atom stereocenters. The van der Waals surface area contributed by atoms with E-state index in [4.69, 9.17) is 0 Å². The maximum Gasteiger partial charge on any atom is 0.147 e. The highest BCUT2D eigenvalue weighted by Crippen LogP contribution is 2.30. The quantitative estimate of drug-likeness (QED) is 0.607. The molecule has 1 nitrogen and oxygen atoms in total. The van der Waals surface area contributed by atoms with Crippen molar-refractivity contribution in [2.45, 2.75) is 6.54 Å². The first-order valence-corrected chi connectivity index (χ1v) is 8.17. The van der Waals surface area contributed by atoms with Crippen LogP contribution >= 0.6 is 27.3 Å². The van der Waals surface area contributed by atoms with E-state index in [0.29, 0.717) is 12.2 Å². The highest BCUT2D eigenvalue weighted by atomic mass is 79.9. The smallest absolute Gasteiger partial charge is 0.147 e. The number of halogens is 2. The van der Waals surface area contributed by atoms with E-state index < -0.39 is 0 Å². The Balaban J connectivity index is 1.74. The van der Waals surface area contributed by atoms with Crippen LogP contribution in [0.1, 0.15) is 4.88 Å². The molecule has 0 amide bonds. The van der Waals surface area contributed by atoms with Crippen molar-refractivity contribution in [1.29, 1.82) is 0 Å². The van der Waals surface area contributed by atoms with Gasteiger partial charge in [-0.15, -0.1) is 11.3 Å². The predicted molar refractivity (Wildman–Crippen MR) is 91.2 cm³/mol. The highest BCUT2D eigenvalue weighted by molar-refractivity contribution is 9.10. The molecule has 0 radical (unpaired) electrons. The zero-order valence-corrected chi connectivity index (χ0v) is 13.5. The molecule has 3 aromatic rings. The SMILES string of the molecule is Fc1cccc(Br)c1NCc1ccc(-c2ccccc2)s1. The molecule has 0 saturated carbocycles. The number of nitrogens with one attached hydrogen (secondary N) is 1.